The van der Waals surface area contributed by atoms with Crippen molar-refractivity contribution in [2.45, 2.75) is 6.42 Å². The molecule has 1 saturated heterocycles. The number of carbonyl (C=O) groups excluding carboxylic acids is 1. The van der Waals surface area contributed by atoms with E-state index in [1.807, 2.05) is 0 Å². The van der Waals surface area contributed by atoms with Gasteiger partial charge in [0.2, 0.25) is 5.91 Å². The molecule has 1 aromatic rings. The van der Waals surface area contributed by atoms with Gasteiger partial charge in [0.1, 0.15) is 11.6 Å². The maximum atomic E-state index is 13.2. The van der Waals surface area contributed by atoms with Gasteiger partial charge in [-0.1, -0.05) is 0 Å². The van der Waals surface area contributed by atoms with E-state index in [-0.39, 0.29) is 17.9 Å². The molecule has 0 aliphatic carbocycles. The van der Waals surface area contributed by atoms with Crippen LogP contribution in [-0.2, 0) is 11.2 Å². The van der Waals surface area contributed by atoms with Gasteiger partial charge in [0.25, 0.3) is 0 Å². The molecule has 0 spiro atoms. The number of nitrogens with one attached hydrogen (secondary N) is 2. The summed E-state index contributed by atoms with van der Waals surface area (Å²) in [6.07, 6.45) is -0.121. The Bertz CT molecular complexity index is 419. The number of amides is 1. The maximum absolute atomic E-state index is 13.2. The van der Waals surface area contributed by atoms with Crippen LogP contribution in [0.3, 0.4) is 0 Å². The van der Waals surface area contributed by atoms with Crippen LogP contribution in [0.5, 0.6) is 0 Å². The van der Waals surface area contributed by atoms with Crippen LogP contribution >= 0.6 is 0 Å². The Labute approximate surface area is 98.2 Å². The van der Waals surface area contributed by atoms with Crippen molar-refractivity contribution < 1.29 is 13.6 Å². The molecule has 1 aromatic carbocycles. The fraction of sp³-hybridized carbons (Fsp3) is 0.417. The topological polar surface area (TPSA) is 41.1 Å². The highest BCUT2D eigenvalue weighted by Crippen LogP contribution is 2.10. The summed E-state index contributed by atoms with van der Waals surface area (Å²) in [5.74, 6) is -0.901. The Kier molecular flexibility index (Phi) is 3.68. The minimum absolute atomic E-state index is 0.0919. The summed E-state index contributed by atoms with van der Waals surface area (Å²) >= 11 is 0. The number of rotatable bonds is 4. The van der Waals surface area contributed by atoms with Crippen LogP contribution in [0, 0.1) is 17.6 Å². The number of hydrogen-bond acceptors (Lipinski definition) is 2. The average Bonchev–Trinajstić information content (AvgIpc) is 2.21. The lowest BCUT2D eigenvalue weighted by Crippen LogP contribution is -2.48. The monoisotopic (exact) mass is 240 g/mol. The predicted octanol–water partition coefficient (Wildman–Crippen LogP) is 0.843. The molecule has 1 aliphatic rings. The van der Waals surface area contributed by atoms with Gasteiger partial charge in [-0.25, -0.2) is 8.78 Å². The van der Waals surface area contributed by atoms with Crippen molar-refractivity contribution in [3.8, 4) is 0 Å². The molecule has 0 bridgehead atoms. The first-order chi connectivity index (χ1) is 8.15. The van der Waals surface area contributed by atoms with E-state index in [1.54, 1.807) is 0 Å². The second kappa shape index (κ2) is 5.23. The third kappa shape index (κ3) is 3.23. The third-order valence-corrected chi connectivity index (χ3v) is 2.81. The van der Waals surface area contributed by atoms with Crippen LogP contribution in [-0.4, -0.2) is 25.5 Å². The van der Waals surface area contributed by atoms with Gasteiger partial charge in [-0.05, 0) is 18.2 Å². The van der Waals surface area contributed by atoms with Gasteiger partial charge in [0.15, 0.2) is 0 Å². The van der Waals surface area contributed by atoms with E-state index < -0.39 is 11.6 Å². The fourth-order valence-corrected chi connectivity index (χ4v) is 1.67. The van der Waals surface area contributed by atoms with E-state index in [0.29, 0.717) is 12.5 Å². The van der Waals surface area contributed by atoms with Gasteiger partial charge in [-0.3, -0.25) is 4.79 Å². The van der Waals surface area contributed by atoms with Gasteiger partial charge in [0, 0.05) is 31.1 Å². The largest absolute Gasteiger partial charge is 0.355 e. The Morgan fingerprint density at radius 1 is 1.41 bits per heavy atom. The average molecular weight is 240 g/mol. The summed E-state index contributed by atoms with van der Waals surface area (Å²) in [4.78, 5) is 11.5. The normalized spacial score (nSPS) is 15.4. The molecule has 2 N–H and O–H groups in total. The highest BCUT2D eigenvalue weighted by molar-refractivity contribution is 5.78. The maximum Gasteiger partial charge on any atom is 0.224 e. The first-order valence-corrected chi connectivity index (χ1v) is 5.56. The van der Waals surface area contributed by atoms with E-state index >= 15 is 0 Å². The van der Waals surface area contributed by atoms with Crippen LogP contribution < -0.4 is 10.6 Å². The Balaban J connectivity index is 1.86. The Morgan fingerprint density at radius 3 is 2.82 bits per heavy atom. The number of benzene rings is 1. The molecule has 2 rings (SSSR count). The van der Waals surface area contributed by atoms with Gasteiger partial charge in [0.05, 0.1) is 6.42 Å². The molecule has 92 valence electrons. The summed E-state index contributed by atoms with van der Waals surface area (Å²) < 4.78 is 26.1. The second-order valence-corrected chi connectivity index (χ2v) is 4.24. The second-order valence-electron chi connectivity index (χ2n) is 4.24. The first kappa shape index (κ1) is 12.0. The van der Waals surface area contributed by atoms with Crippen LogP contribution in [0.2, 0.25) is 0 Å². The zero-order valence-corrected chi connectivity index (χ0v) is 9.30. The van der Waals surface area contributed by atoms with Gasteiger partial charge in [-0.2, -0.15) is 0 Å². The fourth-order valence-electron chi connectivity index (χ4n) is 1.67. The van der Waals surface area contributed by atoms with Gasteiger partial charge < -0.3 is 10.6 Å². The van der Waals surface area contributed by atoms with Gasteiger partial charge >= 0.3 is 0 Å². The van der Waals surface area contributed by atoms with Crippen molar-refractivity contribution in [2.75, 3.05) is 19.6 Å². The molecule has 0 unspecified atom stereocenters. The molecule has 1 fully saturated rings. The number of hydrogen-bond donors (Lipinski definition) is 2. The van der Waals surface area contributed by atoms with Crippen LogP contribution in [0.4, 0.5) is 8.78 Å². The van der Waals surface area contributed by atoms with E-state index in [0.717, 1.165) is 31.3 Å². The van der Waals surface area contributed by atoms with Crippen LogP contribution in [0.1, 0.15) is 5.56 Å². The SMILES string of the molecule is O=C(Cc1cc(F)ccc1F)NCC1CNC1. The lowest BCUT2D eigenvalue weighted by molar-refractivity contribution is -0.120. The molecule has 3 nitrogen and oxygen atoms in total. The summed E-state index contributed by atoms with van der Waals surface area (Å²) in [7, 11) is 0. The van der Waals surface area contributed by atoms with Crippen molar-refractivity contribution in [3.63, 3.8) is 0 Å². The molecule has 0 radical (unpaired) electrons. The van der Waals surface area contributed by atoms with E-state index in [1.165, 1.54) is 0 Å². The molecule has 0 saturated carbocycles. The highest BCUT2D eigenvalue weighted by Gasteiger charge is 2.17. The quantitative estimate of drug-likeness (QED) is 0.819. The van der Waals surface area contributed by atoms with Crippen molar-refractivity contribution in [1.82, 2.24) is 10.6 Å². The summed E-state index contributed by atoms with van der Waals surface area (Å²) in [6.45, 7) is 2.38. The predicted molar refractivity (Wildman–Crippen MR) is 59.4 cm³/mol. The molecular weight excluding hydrogens is 226 g/mol. The summed E-state index contributed by atoms with van der Waals surface area (Å²) in [5, 5.41) is 5.80. The molecule has 5 heteroatoms. The van der Waals surface area contributed by atoms with E-state index in [9.17, 15) is 13.6 Å². The number of carbonyl (C=O) groups is 1. The van der Waals surface area contributed by atoms with Crippen molar-refractivity contribution >= 4 is 5.91 Å². The van der Waals surface area contributed by atoms with Crippen molar-refractivity contribution in [2.24, 2.45) is 5.92 Å². The van der Waals surface area contributed by atoms with Crippen molar-refractivity contribution in [3.05, 3.63) is 35.4 Å². The summed E-state index contributed by atoms with van der Waals surface area (Å²) in [5.41, 5.74) is 0.0919. The first-order valence-electron chi connectivity index (χ1n) is 5.56. The van der Waals surface area contributed by atoms with Crippen LogP contribution in [0.25, 0.3) is 0 Å². The van der Waals surface area contributed by atoms with Crippen molar-refractivity contribution in [1.29, 1.82) is 0 Å². The Hall–Kier alpha value is -1.49. The molecule has 1 heterocycles. The van der Waals surface area contributed by atoms with Gasteiger partial charge in [-0.15, -0.1) is 0 Å². The van der Waals surface area contributed by atoms with E-state index in [4.69, 9.17) is 0 Å². The Morgan fingerprint density at radius 2 is 2.18 bits per heavy atom. The highest BCUT2D eigenvalue weighted by atomic mass is 19.1. The molecule has 0 aromatic heterocycles. The van der Waals surface area contributed by atoms with E-state index in [2.05, 4.69) is 10.6 Å². The zero-order valence-electron chi connectivity index (χ0n) is 9.30. The third-order valence-electron chi connectivity index (χ3n) is 2.81. The lowest BCUT2D eigenvalue weighted by atomic mass is 10.0. The lowest BCUT2D eigenvalue weighted by Gasteiger charge is -2.27. The standard InChI is InChI=1S/C12H14F2N2O/c13-10-1-2-11(14)9(3-10)4-12(17)16-7-8-5-15-6-8/h1-3,8,15H,4-7H2,(H,16,17). The van der Waals surface area contributed by atoms with Crippen LogP contribution in [0.15, 0.2) is 18.2 Å². The minimum atomic E-state index is -0.549. The molecule has 0 atom stereocenters. The molecular formula is C12H14F2N2O. The molecule has 1 amide bonds. The molecule has 1 aliphatic heterocycles. The zero-order chi connectivity index (χ0) is 12.3. The minimum Gasteiger partial charge on any atom is -0.355 e. The number of halogens is 2. The molecule has 17 heavy (non-hydrogen) atoms. The smallest absolute Gasteiger partial charge is 0.224 e. The summed E-state index contributed by atoms with van der Waals surface area (Å²) in [6, 6.07) is 3.13.